The van der Waals surface area contributed by atoms with Crippen molar-refractivity contribution in [3.8, 4) is 28.6 Å². The second-order valence-corrected chi connectivity index (χ2v) is 7.70. The summed E-state index contributed by atoms with van der Waals surface area (Å²) in [6.45, 7) is 6.64. The summed E-state index contributed by atoms with van der Waals surface area (Å²) in [5, 5.41) is 14.2. The maximum atomic E-state index is 9.10. The number of hydrogen-bond acceptors (Lipinski definition) is 4. The fourth-order valence-corrected chi connectivity index (χ4v) is 3.71. The molecule has 0 N–H and O–H groups in total. The molecule has 0 aliphatic carbocycles. The molecule has 2 heterocycles. The van der Waals surface area contributed by atoms with Crippen molar-refractivity contribution in [3.05, 3.63) is 88.0 Å². The third kappa shape index (κ3) is 3.83. The van der Waals surface area contributed by atoms with Gasteiger partial charge in [0, 0.05) is 34.8 Å². The standard InChI is InChI=1S/C24H20ClN5/c1-15-4-6-19(7-5-15)24-27-12-18(13-28-24)14-30-17(3)23(16(2)29-30)20-8-9-21(11-26)22(25)10-20/h4-10,12-13H,14H2,1-3H3. The van der Waals surface area contributed by atoms with E-state index in [0.717, 1.165) is 33.6 Å². The van der Waals surface area contributed by atoms with Crippen LogP contribution in [0.1, 0.15) is 28.1 Å². The minimum atomic E-state index is 0.446. The van der Waals surface area contributed by atoms with E-state index in [-0.39, 0.29) is 0 Å². The fourth-order valence-electron chi connectivity index (χ4n) is 3.49. The van der Waals surface area contributed by atoms with Crippen molar-refractivity contribution in [1.29, 1.82) is 5.26 Å². The molecule has 0 bridgehead atoms. The molecule has 30 heavy (non-hydrogen) atoms. The predicted octanol–water partition coefficient (Wildman–Crippen LogP) is 5.51. The zero-order valence-corrected chi connectivity index (χ0v) is 17.8. The van der Waals surface area contributed by atoms with Crippen molar-refractivity contribution in [3.63, 3.8) is 0 Å². The maximum absolute atomic E-state index is 9.10. The van der Waals surface area contributed by atoms with E-state index in [0.29, 0.717) is 23.0 Å². The molecule has 0 atom stereocenters. The van der Waals surface area contributed by atoms with E-state index in [4.69, 9.17) is 22.0 Å². The van der Waals surface area contributed by atoms with Gasteiger partial charge < -0.3 is 0 Å². The lowest BCUT2D eigenvalue weighted by molar-refractivity contribution is 0.655. The Balaban J connectivity index is 1.60. The van der Waals surface area contributed by atoms with Gasteiger partial charge in [-0.15, -0.1) is 0 Å². The van der Waals surface area contributed by atoms with E-state index in [1.54, 1.807) is 6.07 Å². The molecule has 0 aliphatic rings. The highest BCUT2D eigenvalue weighted by atomic mass is 35.5. The highest BCUT2D eigenvalue weighted by molar-refractivity contribution is 6.32. The van der Waals surface area contributed by atoms with Crippen molar-refractivity contribution in [2.45, 2.75) is 27.3 Å². The van der Waals surface area contributed by atoms with Crippen molar-refractivity contribution in [2.24, 2.45) is 0 Å². The Kier molecular flexibility index (Phi) is 5.35. The summed E-state index contributed by atoms with van der Waals surface area (Å²) < 4.78 is 1.95. The average molecular weight is 414 g/mol. The van der Waals surface area contributed by atoms with E-state index in [1.807, 2.05) is 55.2 Å². The van der Waals surface area contributed by atoms with Gasteiger partial charge in [0.1, 0.15) is 6.07 Å². The second kappa shape index (κ2) is 8.10. The van der Waals surface area contributed by atoms with Gasteiger partial charge in [-0.2, -0.15) is 10.4 Å². The van der Waals surface area contributed by atoms with Gasteiger partial charge in [-0.05, 0) is 38.5 Å². The van der Waals surface area contributed by atoms with Crippen LogP contribution in [-0.2, 0) is 6.54 Å². The first kappa shape index (κ1) is 19.8. The number of nitrogens with zero attached hydrogens (tertiary/aromatic N) is 5. The fraction of sp³-hybridized carbons (Fsp3) is 0.167. The number of benzene rings is 2. The zero-order valence-electron chi connectivity index (χ0n) is 17.0. The highest BCUT2D eigenvalue weighted by Crippen LogP contribution is 2.30. The molecular weight excluding hydrogens is 394 g/mol. The number of rotatable bonds is 4. The number of hydrogen-bond donors (Lipinski definition) is 0. The Morgan fingerprint density at radius 1 is 0.967 bits per heavy atom. The van der Waals surface area contributed by atoms with E-state index in [2.05, 4.69) is 35.1 Å². The number of halogens is 1. The average Bonchev–Trinajstić information content (AvgIpc) is 3.02. The lowest BCUT2D eigenvalue weighted by Crippen LogP contribution is -2.05. The second-order valence-electron chi connectivity index (χ2n) is 7.29. The topological polar surface area (TPSA) is 67.4 Å². The number of aryl methyl sites for hydroxylation is 2. The molecule has 0 spiro atoms. The van der Waals surface area contributed by atoms with Gasteiger partial charge >= 0.3 is 0 Å². The van der Waals surface area contributed by atoms with Crippen molar-refractivity contribution >= 4 is 11.6 Å². The molecule has 0 saturated carbocycles. The Labute approximate surface area is 180 Å². The van der Waals surface area contributed by atoms with Gasteiger partial charge in [-0.3, -0.25) is 4.68 Å². The van der Waals surface area contributed by atoms with Crippen molar-refractivity contribution in [1.82, 2.24) is 19.7 Å². The smallest absolute Gasteiger partial charge is 0.159 e. The summed E-state index contributed by atoms with van der Waals surface area (Å²) in [7, 11) is 0. The largest absolute Gasteiger partial charge is 0.264 e. The minimum absolute atomic E-state index is 0.446. The quantitative estimate of drug-likeness (QED) is 0.442. The molecule has 0 aliphatic heterocycles. The third-order valence-corrected chi connectivity index (χ3v) is 5.42. The van der Waals surface area contributed by atoms with Gasteiger partial charge in [-0.1, -0.05) is 47.5 Å². The molecule has 4 rings (SSSR count). The molecule has 4 aromatic rings. The van der Waals surface area contributed by atoms with Crippen LogP contribution in [0.5, 0.6) is 0 Å². The Bertz CT molecular complexity index is 1250. The molecule has 0 fully saturated rings. The van der Waals surface area contributed by atoms with Gasteiger partial charge in [0.25, 0.3) is 0 Å². The zero-order chi connectivity index (χ0) is 21.3. The molecule has 0 amide bonds. The molecule has 2 aromatic carbocycles. The highest BCUT2D eigenvalue weighted by Gasteiger charge is 2.15. The van der Waals surface area contributed by atoms with Crippen LogP contribution >= 0.6 is 11.6 Å². The lowest BCUT2D eigenvalue weighted by atomic mass is 10.0. The normalized spacial score (nSPS) is 10.8. The summed E-state index contributed by atoms with van der Waals surface area (Å²) >= 11 is 6.23. The maximum Gasteiger partial charge on any atom is 0.159 e. The predicted molar refractivity (Wildman–Crippen MR) is 118 cm³/mol. The molecule has 0 radical (unpaired) electrons. The van der Waals surface area contributed by atoms with Crippen LogP contribution in [0, 0.1) is 32.1 Å². The molecule has 148 valence electrons. The number of aromatic nitrogens is 4. The minimum Gasteiger partial charge on any atom is -0.264 e. The van der Waals surface area contributed by atoms with Crippen molar-refractivity contribution in [2.75, 3.05) is 0 Å². The molecule has 2 aromatic heterocycles. The lowest BCUT2D eigenvalue weighted by Gasteiger charge is -2.07. The van der Waals surface area contributed by atoms with Crippen LogP contribution in [0.3, 0.4) is 0 Å². The summed E-state index contributed by atoms with van der Waals surface area (Å²) in [6.07, 6.45) is 3.69. The SMILES string of the molecule is Cc1ccc(-c2ncc(Cn3nc(C)c(-c4ccc(C#N)c(Cl)c4)c3C)cn2)cc1. The van der Waals surface area contributed by atoms with Crippen molar-refractivity contribution < 1.29 is 0 Å². The molecular formula is C24H20ClN5. The van der Waals surface area contributed by atoms with E-state index >= 15 is 0 Å². The van der Waals surface area contributed by atoms with Gasteiger partial charge in [0.15, 0.2) is 5.82 Å². The summed E-state index contributed by atoms with van der Waals surface area (Å²) in [6, 6.07) is 15.7. The molecule has 0 saturated heterocycles. The number of nitriles is 1. The Morgan fingerprint density at radius 3 is 2.27 bits per heavy atom. The van der Waals surface area contributed by atoms with Crippen LogP contribution in [0.25, 0.3) is 22.5 Å². The first-order valence-corrected chi connectivity index (χ1v) is 9.96. The summed E-state index contributed by atoms with van der Waals surface area (Å²) in [4.78, 5) is 9.04. The van der Waals surface area contributed by atoms with Crippen LogP contribution in [0.2, 0.25) is 5.02 Å². The Morgan fingerprint density at radius 2 is 1.63 bits per heavy atom. The Hall–Kier alpha value is -3.49. The first-order valence-electron chi connectivity index (χ1n) is 9.58. The van der Waals surface area contributed by atoms with E-state index in [1.165, 1.54) is 5.56 Å². The van der Waals surface area contributed by atoms with Gasteiger partial charge in [-0.25, -0.2) is 9.97 Å². The van der Waals surface area contributed by atoms with E-state index in [9.17, 15) is 0 Å². The third-order valence-electron chi connectivity index (χ3n) is 5.11. The molecule has 6 heteroatoms. The van der Waals surface area contributed by atoms with Gasteiger partial charge in [0.2, 0.25) is 0 Å². The first-order chi connectivity index (χ1) is 14.5. The monoisotopic (exact) mass is 413 g/mol. The molecule has 0 unspecified atom stereocenters. The van der Waals surface area contributed by atoms with E-state index < -0.39 is 0 Å². The molecule has 5 nitrogen and oxygen atoms in total. The summed E-state index contributed by atoms with van der Waals surface area (Å²) in [5.41, 5.74) is 7.55. The summed E-state index contributed by atoms with van der Waals surface area (Å²) in [5.74, 6) is 0.708. The van der Waals surface area contributed by atoms with Crippen LogP contribution in [-0.4, -0.2) is 19.7 Å². The van der Waals surface area contributed by atoms with Crippen LogP contribution in [0.4, 0.5) is 0 Å². The van der Waals surface area contributed by atoms with Crippen LogP contribution < -0.4 is 0 Å². The van der Waals surface area contributed by atoms with Crippen LogP contribution in [0.15, 0.2) is 54.9 Å². The van der Waals surface area contributed by atoms with Gasteiger partial charge in [0.05, 0.1) is 22.8 Å².